The second-order valence-corrected chi connectivity index (χ2v) is 7.84. The first kappa shape index (κ1) is 18.8. The van der Waals surface area contributed by atoms with Crippen LogP contribution in [0.15, 0.2) is 72.0 Å². The van der Waals surface area contributed by atoms with Crippen molar-refractivity contribution in [2.45, 2.75) is 4.90 Å². The standard InChI is InChI=1S/C20H18N4O4S/c1-27-18-8-7-16(12-19(18)28-2)29(25,26)23-15-6-3-5-14(11-15)17-13-24-10-4-9-21-20(24)22-17/h3-13,23H,1-2H3. The zero-order valence-electron chi connectivity index (χ0n) is 15.7. The molecule has 148 valence electrons. The molecule has 8 nitrogen and oxygen atoms in total. The van der Waals surface area contributed by atoms with E-state index in [2.05, 4.69) is 14.7 Å². The molecule has 0 unspecified atom stereocenters. The number of benzene rings is 2. The molecule has 4 aromatic rings. The van der Waals surface area contributed by atoms with Crippen molar-refractivity contribution in [3.05, 3.63) is 67.1 Å². The third-order valence-corrected chi connectivity index (χ3v) is 5.69. The summed E-state index contributed by atoms with van der Waals surface area (Å²) in [5.41, 5.74) is 1.88. The smallest absolute Gasteiger partial charge is 0.262 e. The molecule has 1 N–H and O–H groups in total. The van der Waals surface area contributed by atoms with Gasteiger partial charge in [-0.3, -0.25) is 9.12 Å². The molecule has 0 spiro atoms. The number of hydrogen-bond acceptors (Lipinski definition) is 6. The number of nitrogens with one attached hydrogen (secondary N) is 1. The highest BCUT2D eigenvalue weighted by Gasteiger charge is 2.18. The Balaban J connectivity index is 1.65. The molecule has 2 heterocycles. The minimum atomic E-state index is -3.82. The highest BCUT2D eigenvalue weighted by atomic mass is 32.2. The highest BCUT2D eigenvalue weighted by Crippen LogP contribution is 2.30. The average molecular weight is 410 g/mol. The highest BCUT2D eigenvalue weighted by molar-refractivity contribution is 7.92. The Hall–Kier alpha value is -3.59. The van der Waals surface area contributed by atoms with Crippen LogP contribution in [0.25, 0.3) is 17.0 Å². The monoisotopic (exact) mass is 410 g/mol. The van der Waals surface area contributed by atoms with E-state index in [9.17, 15) is 8.42 Å². The van der Waals surface area contributed by atoms with Crippen LogP contribution in [0.1, 0.15) is 0 Å². The van der Waals surface area contributed by atoms with Gasteiger partial charge in [0.25, 0.3) is 10.0 Å². The molecule has 2 aromatic heterocycles. The van der Waals surface area contributed by atoms with Crippen LogP contribution in [0.5, 0.6) is 11.5 Å². The summed E-state index contributed by atoms with van der Waals surface area (Å²) < 4.78 is 40.4. The summed E-state index contributed by atoms with van der Waals surface area (Å²) in [7, 11) is -0.874. The number of rotatable bonds is 6. The topological polar surface area (TPSA) is 94.8 Å². The summed E-state index contributed by atoms with van der Waals surface area (Å²) in [5.74, 6) is 1.36. The van der Waals surface area contributed by atoms with E-state index in [0.29, 0.717) is 28.7 Å². The van der Waals surface area contributed by atoms with Gasteiger partial charge in [0.05, 0.1) is 24.8 Å². The van der Waals surface area contributed by atoms with E-state index in [4.69, 9.17) is 9.47 Å². The van der Waals surface area contributed by atoms with Gasteiger partial charge in [0.1, 0.15) is 0 Å². The van der Waals surface area contributed by atoms with E-state index >= 15 is 0 Å². The fourth-order valence-electron chi connectivity index (χ4n) is 2.91. The molecular weight excluding hydrogens is 392 g/mol. The van der Waals surface area contributed by atoms with Crippen molar-refractivity contribution in [2.75, 3.05) is 18.9 Å². The van der Waals surface area contributed by atoms with E-state index in [1.807, 2.05) is 24.5 Å². The Labute approximate surface area is 167 Å². The Morgan fingerprint density at radius 3 is 2.59 bits per heavy atom. The van der Waals surface area contributed by atoms with Crippen LogP contribution in [-0.4, -0.2) is 37.0 Å². The van der Waals surface area contributed by atoms with Gasteiger partial charge in [-0.25, -0.2) is 18.4 Å². The van der Waals surface area contributed by atoms with Gasteiger partial charge in [0.15, 0.2) is 11.5 Å². The summed E-state index contributed by atoms with van der Waals surface area (Å²) in [6.07, 6.45) is 5.35. The number of anilines is 1. The second kappa shape index (κ2) is 7.44. The minimum absolute atomic E-state index is 0.0671. The van der Waals surface area contributed by atoms with Gasteiger partial charge in [0.2, 0.25) is 5.78 Å². The van der Waals surface area contributed by atoms with Crippen LogP contribution < -0.4 is 14.2 Å². The predicted molar refractivity (Wildman–Crippen MR) is 109 cm³/mol. The van der Waals surface area contributed by atoms with Crippen molar-refractivity contribution in [3.63, 3.8) is 0 Å². The van der Waals surface area contributed by atoms with Crippen LogP contribution in [0.3, 0.4) is 0 Å². The number of hydrogen-bond donors (Lipinski definition) is 1. The van der Waals surface area contributed by atoms with E-state index in [1.54, 1.807) is 34.9 Å². The Morgan fingerprint density at radius 2 is 1.83 bits per heavy atom. The Morgan fingerprint density at radius 1 is 1.00 bits per heavy atom. The first-order chi connectivity index (χ1) is 14.0. The number of methoxy groups -OCH3 is 2. The molecule has 0 aliphatic rings. The lowest BCUT2D eigenvalue weighted by Crippen LogP contribution is -2.13. The first-order valence-corrected chi connectivity index (χ1v) is 10.1. The van der Waals surface area contributed by atoms with Crippen LogP contribution in [0.4, 0.5) is 5.69 Å². The fourth-order valence-corrected chi connectivity index (χ4v) is 3.97. The van der Waals surface area contributed by atoms with E-state index in [0.717, 1.165) is 5.56 Å². The average Bonchev–Trinajstić information content (AvgIpc) is 3.17. The molecule has 0 bridgehead atoms. The number of nitrogens with zero attached hydrogens (tertiary/aromatic N) is 3. The Bertz CT molecular complexity index is 1250. The molecule has 4 rings (SSSR count). The number of imidazole rings is 1. The zero-order valence-corrected chi connectivity index (χ0v) is 16.6. The van der Waals surface area contributed by atoms with Crippen molar-refractivity contribution in [2.24, 2.45) is 0 Å². The molecule has 9 heteroatoms. The molecular formula is C20H18N4O4S. The maximum atomic E-state index is 12.8. The molecule has 0 aliphatic heterocycles. The lowest BCUT2D eigenvalue weighted by molar-refractivity contribution is 0.354. The quantitative estimate of drug-likeness (QED) is 0.524. The number of fused-ring (bicyclic) bond motifs is 1. The van der Waals surface area contributed by atoms with E-state index in [-0.39, 0.29) is 4.90 Å². The van der Waals surface area contributed by atoms with Crippen LogP contribution >= 0.6 is 0 Å². The Kier molecular flexibility index (Phi) is 4.81. The second-order valence-electron chi connectivity index (χ2n) is 6.16. The van der Waals surface area contributed by atoms with E-state index < -0.39 is 10.0 Å². The third kappa shape index (κ3) is 3.72. The molecule has 0 atom stereocenters. The van der Waals surface area contributed by atoms with Crippen LogP contribution in [0.2, 0.25) is 0 Å². The van der Waals surface area contributed by atoms with Gasteiger partial charge >= 0.3 is 0 Å². The molecule has 2 aromatic carbocycles. The lowest BCUT2D eigenvalue weighted by atomic mass is 10.1. The first-order valence-electron chi connectivity index (χ1n) is 8.65. The third-order valence-electron chi connectivity index (χ3n) is 4.31. The van der Waals surface area contributed by atoms with Gasteiger partial charge < -0.3 is 9.47 Å². The molecule has 0 fully saturated rings. The van der Waals surface area contributed by atoms with Crippen molar-refractivity contribution < 1.29 is 17.9 Å². The maximum Gasteiger partial charge on any atom is 0.262 e. The number of ether oxygens (including phenoxy) is 2. The van der Waals surface area contributed by atoms with Crippen LogP contribution in [0, 0.1) is 0 Å². The van der Waals surface area contributed by atoms with Gasteiger partial charge in [0, 0.05) is 35.9 Å². The minimum Gasteiger partial charge on any atom is -0.493 e. The number of aromatic nitrogens is 3. The fraction of sp³-hybridized carbons (Fsp3) is 0.100. The molecule has 0 saturated heterocycles. The van der Waals surface area contributed by atoms with E-state index in [1.165, 1.54) is 26.4 Å². The van der Waals surface area contributed by atoms with Crippen molar-refractivity contribution in [1.29, 1.82) is 0 Å². The van der Waals surface area contributed by atoms with Crippen LogP contribution in [-0.2, 0) is 10.0 Å². The summed E-state index contributed by atoms with van der Waals surface area (Å²) in [6.45, 7) is 0. The molecule has 29 heavy (non-hydrogen) atoms. The summed E-state index contributed by atoms with van der Waals surface area (Å²) in [4.78, 5) is 8.73. The molecule has 0 aliphatic carbocycles. The van der Waals surface area contributed by atoms with Gasteiger partial charge in [-0.1, -0.05) is 12.1 Å². The van der Waals surface area contributed by atoms with Gasteiger partial charge in [-0.2, -0.15) is 0 Å². The maximum absolute atomic E-state index is 12.8. The number of sulfonamides is 1. The summed E-state index contributed by atoms with van der Waals surface area (Å²) >= 11 is 0. The summed E-state index contributed by atoms with van der Waals surface area (Å²) in [5, 5.41) is 0. The summed E-state index contributed by atoms with van der Waals surface area (Å²) in [6, 6.07) is 13.3. The van der Waals surface area contributed by atoms with Gasteiger partial charge in [-0.05, 0) is 30.3 Å². The van der Waals surface area contributed by atoms with Crippen molar-refractivity contribution >= 4 is 21.5 Å². The predicted octanol–water partition coefficient (Wildman–Crippen LogP) is 3.21. The molecule has 0 radical (unpaired) electrons. The normalized spacial score (nSPS) is 11.4. The molecule has 0 amide bonds. The SMILES string of the molecule is COc1ccc(S(=O)(=O)Nc2cccc(-c3cn4cccnc4n3)c2)cc1OC. The van der Waals surface area contributed by atoms with Crippen molar-refractivity contribution in [3.8, 4) is 22.8 Å². The van der Waals surface area contributed by atoms with Crippen molar-refractivity contribution in [1.82, 2.24) is 14.4 Å². The zero-order chi connectivity index (χ0) is 20.4. The van der Waals surface area contributed by atoms with Gasteiger partial charge in [-0.15, -0.1) is 0 Å². The lowest BCUT2D eigenvalue weighted by Gasteiger charge is -2.12. The largest absolute Gasteiger partial charge is 0.493 e. The molecule has 0 saturated carbocycles.